The van der Waals surface area contributed by atoms with Crippen molar-refractivity contribution in [1.29, 1.82) is 0 Å². The maximum absolute atomic E-state index is 0. The molecule has 0 aromatic rings. The van der Waals surface area contributed by atoms with Gasteiger partial charge in [0.25, 0.3) is 0 Å². The van der Waals surface area contributed by atoms with Crippen LogP contribution in [0.2, 0.25) is 0 Å². The maximum Gasteiger partial charge on any atom is 4.00 e. The number of rotatable bonds is 0. The van der Waals surface area contributed by atoms with Crippen molar-refractivity contribution in [3.63, 3.8) is 0 Å². The molecule has 0 bridgehead atoms. The van der Waals surface area contributed by atoms with Crippen LogP contribution in [-0.4, -0.2) is 0 Å². The Bertz CT molecular complexity index is 9.71. The number of hydrogen-bond acceptors (Lipinski definition) is 0. The van der Waals surface area contributed by atoms with Crippen LogP contribution in [0.5, 0.6) is 0 Å². The molecule has 0 aromatic carbocycles. The summed E-state index contributed by atoms with van der Waals surface area (Å²) in [4.78, 5) is 0. The van der Waals surface area contributed by atoms with Gasteiger partial charge < -0.3 is 24.6 Å². The Kier molecular flexibility index (Phi) is 1060. The van der Waals surface area contributed by atoms with Gasteiger partial charge in [-0.3, -0.25) is 0 Å². The molecule has 0 aliphatic rings. The first-order chi connectivity index (χ1) is 0. The molecule has 10 heteroatoms. The van der Waals surface area contributed by atoms with E-state index >= 15 is 0 Å². The second kappa shape index (κ2) is 92.4. The zero-order chi connectivity index (χ0) is 0. The minimum Gasteiger partial charge on any atom is -3.00 e. The number of nitrogens with zero attached hydrogens (tertiary/aromatic N) is 4. The normalized spacial score (nSPS) is 0. The van der Waals surface area contributed by atoms with Crippen molar-refractivity contribution in [1.82, 2.24) is 0 Å². The first kappa shape index (κ1) is 115. The molecule has 0 saturated carbocycles. The molecule has 0 aliphatic heterocycles. The Hall–Kier alpha value is 5.14. The minimum absolute atomic E-state index is 0. The molecule has 4 nitrogen and oxygen atoms in total. The van der Waals surface area contributed by atoms with Crippen molar-refractivity contribution in [2.75, 3.05) is 0 Å². The van der Waals surface area contributed by atoms with E-state index < -0.39 is 0 Å². The van der Waals surface area contributed by atoms with Crippen LogP contribution >= 0.6 is 0 Å². The van der Waals surface area contributed by atoms with E-state index in [2.05, 4.69) is 0 Å². The van der Waals surface area contributed by atoms with Gasteiger partial charge in [0.05, 0.1) is 0 Å². The van der Waals surface area contributed by atoms with Crippen molar-refractivity contribution < 1.29 is 157 Å². The molecule has 0 spiro atoms. The molecule has 0 fully saturated rings. The summed E-state index contributed by atoms with van der Waals surface area (Å²) in [5.74, 6) is 0. The van der Waals surface area contributed by atoms with Crippen molar-refractivity contribution in [2.45, 2.75) is 0 Å². The summed E-state index contributed by atoms with van der Waals surface area (Å²) < 4.78 is 0. The van der Waals surface area contributed by atoms with E-state index in [0.717, 1.165) is 0 Å². The van der Waals surface area contributed by atoms with Gasteiger partial charge in [0.2, 0.25) is 0 Å². The molecule has 0 heterocycles. The molecule has 0 amide bonds. The third-order valence-electron chi connectivity index (χ3n) is 0. The second-order valence-electron chi connectivity index (χ2n) is 0. The second-order valence-corrected chi connectivity index (χ2v) is 0. The molecule has 0 N–H and O–H groups in total. The molecule has 0 radical (unpaired) electrons. The zero-order valence-electron chi connectivity index (χ0n) is 4.79. The average molecular weight is 603 g/mol. The van der Waals surface area contributed by atoms with Crippen molar-refractivity contribution in [2.24, 2.45) is 0 Å². The van der Waals surface area contributed by atoms with Crippen LogP contribution in [0.15, 0.2) is 0 Å². The topological polar surface area (TPSA) is 122 Å². The summed E-state index contributed by atoms with van der Waals surface area (Å²) in [7, 11) is 0. The van der Waals surface area contributed by atoms with Gasteiger partial charge >= 0.3 is 78.6 Å². The van der Waals surface area contributed by atoms with Gasteiger partial charge in [-0.2, -0.15) is 0 Å². The summed E-state index contributed by atoms with van der Waals surface area (Å²) >= 11 is 0. The predicted molar refractivity (Wildman–Crippen MR) is 13.4 cm³/mol. The summed E-state index contributed by atoms with van der Waals surface area (Å²) in [6.07, 6.45) is 0. The minimum atomic E-state index is 0. The molecule has 0 aromatic heterocycles. The Morgan fingerprint density at radius 1 is 0.300 bits per heavy atom. The number of hydrogen-bond donors (Lipinski definition) is 0. The molecule has 0 unspecified atom stereocenters. The Labute approximate surface area is 177 Å². The molecule has 0 aliphatic carbocycles. The monoisotopic (exact) mass is 595 g/mol. The predicted octanol–water partition coefficient (Wildman–Crippen LogP) is 1.14. The van der Waals surface area contributed by atoms with E-state index in [1.54, 1.807) is 0 Å². The first-order valence-electron chi connectivity index (χ1n) is 0. The fraction of sp³-hybridized carbons (Fsp3) is 0. The third kappa shape index (κ3) is 73.3. The molecule has 0 rings (SSSR count). The van der Waals surface area contributed by atoms with Crippen LogP contribution in [0.3, 0.4) is 0 Å². The molecular weight excluding hydrogens is 603 g/mol. The maximum atomic E-state index is 0. The molecule has 0 atom stereocenters. The van der Waals surface area contributed by atoms with Gasteiger partial charge in [-0.05, 0) is 0 Å². The van der Waals surface area contributed by atoms with Crippen molar-refractivity contribution in [3.05, 3.63) is 24.6 Å². The van der Waals surface area contributed by atoms with Crippen LogP contribution in [0, 0.1) is 0 Å². The first-order valence-corrected chi connectivity index (χ1v) is 0. The van der Waals surface area contributed by atoms with Gasteiger partial charge in [0, 0.05) is 78.6 Å². The molecule has 10 heavy (non-hydrogen) atoms. The standard InChI is InChI=1S/4N.6Zr/q4*-3;;;;3*+4. The van der Waals surface area contributed by atoms with Crippen LogP contribution in [-0.2, 0) is 157 Å². The Balaban J connectivity index is 0. The summed E-state index contributed by atoms with van der Waals surface area (Å²) in [5.41, 5.74) is 0. The quantitative estimate of drug-likeness (QED) is 0.395. The molecule has 44 valence electrons. The summed E-state index contributed by atoms with van der Waals surface area (Å²) in [6, 6.07) is 0. The van der Waals surface area contributed by atoms with E-state index in [9.17, 15) is 0 Å². The SMILES string of the molecule is [N-3].[N-3].[N-3].[N-3].[Zr+4].[Zr+4].[Zr+4].[Zr].[Zr].[Zr]. The van der Waals surface area contributed by atoms with E-state index in [1.807, 2.05) is 0 Å². The zero-order valence-corrected chi connectivity index (χ0v) is 19.5. The Morgan fingerprint density at radius 2 is 0.300 bits per heavy atom. The molecular formula is N4Zr6. The largest absolute Gasteiger partial charge is 4.00 e. The van der Waals surface area contributed by atoms with Crippen LogP contribution in [0.25, 0.3) is 24.6 Å². The summed E-state index contributed by atoms with van der Waals surface area (Å²) in [6.45, 7) is 0. The fourth-order valence-corrected chi connectivity index (χ4v) is 0. The van der Waals surface area contributed by atoms with Gasteiger partial charge in [-0.1, -0.05) is 0 Å². The van der Waals surface area contributed by atoms with Gasteiger partial charge in [-0.25, -0.2) is 0 Å². The van der Waals surface area contributed by atoms with Crippen molar-refractivity contribution in [3.8, 4) is 0 Å². The van der Waals surface area contributed by atoms with Gasteiger partial charge in [0.1, 0.15) is 0 Å². The fourth-order valence-electron chi connectivity index (χ4n) is 0. The van der Waals surface area contributed by atoms with E-state index in [-0.39, 0.29) is 182 Å². The third-order valence-corrected chi connectivity index (χ3v) is 0. The van der Waals surface area contributed by atoms with E-state index in [0.29, 0.717) is 0 Å². The van der Waals surface area contributed by atoms with Gasteiger partial charge in [0.15, 0.2) is 0 Å². The van der Waals surface area contributed by atoms with E-state index in [1.165, 1.54) is 0 Å². The van der Waals surface area contributed by atoms with E-state index in [4.69, 9.17) is 0 Å². The van der Waals surface area contributed by atoms with Crippen LogP contribution in [0.1, 0.15) is 0 Å². The van der Waals surface area contributed by atoms with Crippen LogP contribution < -0.4 is 0 Å². The average Bonchev–Trinajstić information content (AvgIpc) is 0. The Morgan fingerprint density at radius 3 is 0.300 bits per heavy atom. The molecule has 0 saturated heterocycles. The smallest absolute Gasteiger partial charge is 3.00 e. The van der Waals surface area contributed by atoms with Crippen LogP contribution in [0.4, 0.5) is 0 Å². The summed E-state index contributed by atoms with van der Waals surface area (Å²) in [5, 5.41) is 0. The van der Waals surface area contributed by atoms with Gasteiger partial charge in [-0.15, -0.1) is 0 Å². The van der Waals surface area contributed by atoms with Crippen molar-refractivity contribution >= 4 is 0 Å².